The summed E-state index contributed by atoms with van der Waals surface area (Å²) in [5.74, 6) is -0.894. The number of hydrogen-bond donors (Lipinski definition) is 1. The molecule has 0 atom stereocenters. The third kappa shape index (κ3) is 2.28. The Hall–Kier alpha value is -2.09. The summed E-state index contributed by atoms with van der Waals surface area (Å²) in [6.07, 6.45) is 0. The van der Waals surface area contributed by atoms with E-state index in [1.54, 1.807) is 12.1 Å². The highest BCUT2D eigenvalue weighted by Crippen LogP contribution is 2.22. The minimum atomic E-state index is -0.894. The van der Waals surface area contributed by atoms with E-state index in [0.29, 0.717) is 5.56 Å². The Kier molecular flexibility index (Phi) is 3.84. The van der Waals surface area contributed by atoms with Gasteiger partial charge in [-0.3, -0.25) is 0 Å². The molecule has 0 unspecified atom stereocenters. The third-order valence-corrected chi connectivity index (χ3v) is 2.24. The van der Waals surface area contributed by atoms with Gasteiger partial charge in [0.15, 0.2) is 0 Å². The van der Waals surface area contributed by atoms with Crippen molar-refractivity contribution in [2.24, 2.45) is 0 Å². The summed E-state index contributed by atoms with van der Waals surface area (Å²) in [4.78, 5) is 11.0. The van der Waals surface area contributed by atoms with Crippen LogP contribution in [-0.4, -0.2) is 11.1 Å². The molecule has 0 amide bonds. The van der Waals surface area contributed by atoms with E-state index in [4.69, 9.17) is 5.11 Å². The van der Waals surface area contributed by atoms with Crippen LogP contribution >= 0.6 is 0 Å². The van der Waals surface area contributed by atoms with Crippen LogP contribution in [0.2, 0.25) is 0 Å². The minimum Gasteiger partial charge on any atom is -0.478 e. The van der Waals surface area contributed by atoms with E-state index in [2.05, 4.69) is 0 Å². The first-order chi connectivity index (χ1) is 7.29. The molecule has 0 aliphatic heterocycles. The van der Waals surface area contributed by atoms with Crippen LogP contribution in [0.4, 0.5) is 0 Å². The van der Waals surface area contributed by atoms with Gasteiger partial charge in [-0.05, 0) is 17.2 Å². The van der Waals surface area contributed by atoms with Crippen molar-refractivity contribution < 1.29 is 9.90 Å². The fourth-order valence-corrected chi connectivity index (χ4v) is 1.54. The van der Waals surface area contributed by atoms with Crippen molar-refractivity contribution in [3.05, 3.63) is 60.2 Å². The highest BCUT2D eigenvalue weighted by molar-refractivity contribution is 5.95. The summed E-state index contributed by atoms with van der Waals surface area (Å²) in [5, 5.41) is 9.03. The number of carbonyl (C=O) groups is 1. The smallest absolute Gasteiger partial charge is 0.336 e. The van der Waals surface area contributed by atoms with Gasteiger partial charge in [-0.1, -0.05) is 56.0 Å². The number of benzene rings is 2. The fraction of sp³-hybridized carbons (Fsp3) is 0.0714. The van der Waals surface area contributed by atoms with Gasteiger partial charge in [-0.2, -0.15) is 0 Å². The lowest BCUT2D eigenvalue weighted by atomic mass is 10.00. The van der Waals surface area contributed by atoms with Crippen LogP contribution in [0, 0.1) is 0 Å². The fourth-order valence-electron chi connectivity index (χ4n) is 1.54. The zero-order chi connectivity index (χ0) is 10.7. The van der Waals surface area contributed by atoms with Gasteiger partial charge < -0.3 is 5.11 Å². The van der Waals surface area contributed by atoms with Gasteiger partial charge in [0.05, 0.1) is 5.56 Å². The molecular weight excluding hydrogens is 200 g/mol. The number of carboxylic acid groups (broad SMARTS) is 1. The Morgan fingerprint density at radius 1 is 0.875 bits per heavy atom. The van der Waals surface area contributed by atoms with Crippen LogP contribution in [0.1, 0.15) is 17.8 Å². The lowest BCUT2D eigenvalue weighted by Gasteiger charge is -2.05. The molecule has 2 aromatic rings. The third-order valence-electron chi connectivity index (χ3n) is 2.24. The van der Waals surface area contributed by atoms with Crippen molar-refractivity contribution in [2.75, 3.05) is 0 Å². The second-order valence-corrected chi connectivity index (χ2v) is 3.22. The van der Waals surface area contributed by atoms with Crippen molar-refractivity contribution in [1.29, 1.82) is 0 Å². The van der Waals surface area contributed by atoms with Crippen LogP contribution in [0.15, 0.2) is 54.6 Å². The molecule has 0 saturated heterocycles. The molecule has 0 radical (unpaired) electrons. The predicted molar refractivity (Wildman–Crippen MR) is 65.6 cm³/mol. The average Bonchev–Trinajstić information content (AvgIpc) is 2.30. The molecule has 2 heteroatoms. The van der Waals surface area contributed by atoms with Gasteiger partial charge in [-0.15, -0.1) is 0 Å². The summed E-state index contributed by atoms with van der Waals surface area (Å²) in [7, 11) is 0. The van der Waals surface area contributed by atoms with Crippen LogP contribution in [-0.2, 0) is 0 Å². The topological polar surface area (TPSA) is 37.3 Å². The highest BCUT2D eigenvalue weighted by atomic mass is 16.4. The lowest BCUT2D eigenvalue weighted by molar-refractivity contribution is 0.0698. The lowest BCUT2D eigenvalue weighted by Crippen LogP contribution is -1.98. The SMILES string of the molecule is C.O=C(O)c1ccccc1-c1ccccc1. The van der Waals surface area contributed by atoms with Crippen molar-refractivity contribution in [3.8, 4) is 11.1 Å². The Labute approximate surface area is 95.2 Å². The second-order valence-electron chi connectivity index (χ2n) is 3.22. The summed E-state index contributed by atoms with van der Waals surface area (Å²) < 4.78 is 0. The predicted octanol–water partition coefficient (Wildman–Crippen LogP) is 3.69. The summed E-state index contributed by atoms with van der Waals surface area (Å²) in [6.45, 7) is 0. The molecule has 16 heavy (non-hydrogen) atoms. The van der Waals surface area contributed by atoms with Crippen LogP contribution in [0.5, 0.6) is 0 Å². The first-order valence-corrected chi connectivity index (χ1v) is 4.67. The van der Waals surface area contributed by atoms with E-state index in [0.717, 1.165) is 11.1 Å². The maximum absolute atomic E-state index is 11.0. The normalized spacial score (nSPS) is 9.25. The molecule has 82 valence electrons. The van der Waals surface area contributed by atoms with E-state index >= 15 is 0 Å². The maximum Gasteiger partial charge on any atom is 0.336 e. The van der Waals surface area contributed by atoms with Crippen molar-refractivity contribution in [3.63, 3.8) is 0 Å². The van der Waals surface area contributed by atoms with E-state index < -0.39 is 5.97 Å². The molecule has 2 rings (SSSR count). The first kappa shape index (κ1) is 12.0. The average molecular weight is 214 g/mol. The zero-order valence-corrected chi connectivity index (χ0v) is 8.05. The molecule has 0 spiro atoms. The number of hydrogen-bond acceptors (Lipinski definition) is 1. The van der Waals surface area contributed by atoms with Crippen LogP contribution < -0.4 is 0 Å². The molecule has 0 aromatic heterocycles. The first-order valence-electron chi connectivity index (χ1n) is 4.67. The Bertz CT molecular complexity index is 475. The number of aromatic carboxylic acids is 1. The van der Waals surface area contributed by atoms with Gasteiger partial charge in [0.1, 0.15) is 0 Å². The van der Waals surface area contributed by atoms with E-state index in [1.165, 1.54) is 0 Å². The van der Waals surface area contributed by atoms with Gasteiger partial charge in [0.25, 0.3) is 0 Å². The van der Waals surface area contributed by atoms with E-state index in [9.17, 15) is 4.79 Å². The zero-order valence-electron chi connectivity index (χ0n) is 8.05. The molecule has 1 N–H and O–H groups in total. The molecule has 0 heterocycles. The van der Waals surface area contributed by atoms with Gasteiger partial charge in [0.2, 0.25) is 0 Å². The highest BCUT2D eigenvalue weighted by Gasteiger charge is 2.09. The molecule has 2 aromatic carbocycles. The molecular formula is C14H14O2. The molecule has 2 nitrogen and oxygen atoms in total. The Morgan fingerprint density at radius 3 is 2.06 bits per heavy atom. The number of carboxylic acids is 1. The van der Waals surface area contributed by atoms with Gasteiger partial charge >= 0.3 is 5.97 Å². The maximum atomic E-state index is 11.0. The van der Waals surface area contributed by atoms with Crippen LogP contribution in [0.25, 0.3) is 11.1 Å². The summed E-state index contributed by atoms with van der Waals surface area (Å²) >= 11 is 0. The Balaban J connectivity index is 0.00000128. The molecule has 0 fully saturated rings. The molecule has 0 aliphatic rings. The summed E-state index contributed by atoms with van der Waals surface area (Å²) in [6, 6.07) is 16.5. The molecule has 0 aliphatic carbocycles. The monoisotopic (exact) mass is 214 g/mol. The van der Waals surface area contributed by atoms with Crippen molar-refractivity contribution >= 4 is 5.97 Å². The second kappa shape index (κ2) is 5.12. The summed E-state index contributed by atoms with van der Waals surface area (Å²) in [5.41, 5.74) is 2.02. The van der Waals surface area contributed by atoms with Crippen LogP contribution in [0.3, 0.4) is 0 Å². The van der Waals surface area contributed by atoms with E-state index in [1.807, 2.05) is 42.5 Å². The van der Waals surface area contributed by atoms with Gasteiger partial charge in [0, 0.05) is 0 Å². The van der Waals surface area contributed by atoms with E-state index in [-0.39, 0.29) is 7.43 Å². The van der Waals surface area contributed by atoms with Gasteiger partial charge in [-0.25, -0.2) is 4.79 Å². The van der Waals surface area contributed by atoms with Crippen molar-refractivity contribution in [1.82, 2.24) is 0 Å². The van der Waals surface area contributed by atoms with Crippen molar-refractivity contribution in [2.45, 2.75) is 7.43 Å². The number of rotatable bonds is 2. The standard InChI is InChI=1S/C13H10O2.CH4/c14-13(15)12-9-5-4-8-11(12)10-6-2-1-3-7-10;/h1-9H,(H,14,15);1H4. The molecule has 0 bridgehead atoms. The quantitative estimate of drug-likeness (QED) is 0.827. The minimum absolute atomic E-state index is 0. The largest absolute Gasteiger partial charge is 0.478 e. The Morgan fingerprint density at radius 2 is 1.44 bits per heavy atom. The molecule has 0 saturated carbocycles.